The minimum absolute atomic E-state index is 0.0870. The normalized spacial score (nSPS) is 11.1. The number of fused-ring (bicyclic) bond motifs is 1. The molecule has 0 saturated carbocycles. The summed E-state index contributed by atoms with van der Waals surface area (Å²) in [7, 11) is 0. The molecule has 5 nitrogen and oxygen atoms in total. The molecule has 0 saturated heterocycles. The highest BCUT2D eigenvalue weighted by atomic mass is 16.1. The molecule has 21 heavy (non-hydrogen) atoms. The van der Waals surface area contributed by atoms with Gasteiger partial charge in [0, 0.05) is 18.4 Å². The maximum Gasteiger partial charge on any atom is 0.258 e. The van der Waals surface area contributed by atoms with Gasteiger partial charge in [-0.15, -0.1) is 0 Å². The quantitative estimate of drug-likeness (QED) is 0.751. The van der Waals surface area contributed by atoms with Crippen molar-refractivity contribution in [1.82, 2.24) is 19.9 Å². The van der Waals surface area contributed by atoms with Crippen molar-refractivity contribution < 1.29 is 0 Å². The van der Waals surface area contributed by atoms with E-state index in [1.807, 2.05) is 30.5 Å². The molecular formula is C16H18N4O. The lowest BCUT2D eigenvalue weighted by atomic mass is 10.2. The Morgan fingerprint density at radius 1 is 1.24 bits per heavy atom. The van der Waals surface area contributed by atoms with Gasteiger partial charge in [-0.25, -0.2) is 4.98 Å². The number of benzene rings is 1. The van der Waals surface area contributed by atoms with Crippen molar-refractivity contribution in [3.63, 3.8) is 0 Å². The molecule has 0 aliphatic carbocycles. The molecule has 0 fully saturated rings. The first kappa shape index (κ1) is 13.6. The van der Waals surface area contributed by atoms with E-state index in [4.69, 9.17) is 0 Å². The fourth-order valence-corrected chi connectivity index (χ4v) is 2.39. The van der Waals surface area contributed by atoms with E-state index in [1.165, 1.54) is 5.69 Å². The van der Waals surface area contributed by atoms with Crippen LogP contribution in [-0.2, 0) is 13.1 Å². The van der Waals surface area contributed by atoms with E-state index in [9.17, 15) is 4.79 Å². The van der Waals surface area contributed by atoms with Crippen LogP contribution < -0.4 is 10.9 Å². The van der Waals surface area contributed by atoms with Gasteiger partial charge in [-0.1, -0.05) is 19.1 Å². The number of hydrogen-bond donors (Lipinski definition) is 2. The van der Waals surface area contributed by atoms with Gasteiger partial charge in [0.05, 0.1) is 17.4 Å². The van der Waals surface area contributed by atoms with Crippen LogP contribution in [0.25, 0.3) is 10.9 Å². The van der Waals surface area contributed by atoms with Crippen molar-refractivity contribution in [3.05, 3.63) is 64.5 Å². The Kier molecular flexibility index (Phi) is 3.83. The van der Waals surface area contributed by atoms with Crippen molar-refractivity contribution in [3.8, 4) is 0 Å². The van der Waals surface area contributed by atoms with Gasteiger partial charge in [0.25, 0.3) is 5.56 Å². The number of rotatable bonds is 5. The van der Waals surface area contributed by atoms with E-state index >= 15 is 0 Å². The largest absolute Gasteiger partial charge is 0.343 e. The van der Waals surface area contributed by atoms with Crippen molar-refractivity contribution in [1.29, 1.82) is 0 Å². The van der Waals surface area contributed by atoms with Crippen LogP contribution in [0.2, 0.25) is 0 Å². The van der Waals surface area contributed by atoms with Crippen molar-refractivity contribution >= 4 is 10.9 Å². The van der Waals surface area contributed by atoms with Gasteiger partial charge in [-0.3, -0.25) is 4.79 Å². The first-order valence-corrected chi connectivity index (χ1v) is 7.10. The number of aromatic amines is 1. The van der Waals surface area contributed by atoms with Crippen LogP contribution in [0.3, 0.4) is 0 Å². The first-order valence-electron chi connectivity index (χ1n) is 7.10. The summed E-state index contributed by atoms with van der Waals surface area (Å²) in [6.45, 7) is 4.38. The smallest absolute Gasteiger partial charge is 0.258 e. The third-order valence-electron chi connectivity index (χ3n) is 3.46. The lowest BCUT2D eigenvalue weighted by molar-refractivity contribution is 0.644. The number of nitrogens with one attached hydrogen (secondary N) is 2. The third kappa shape index (κ3) is 2.87. The Morgan fingerprint density at radius 2 is 2.10 bits per heavy atom. The zero-order valence-electron chi connectivity index (χ0n) is 12.0. The summed E-state index contributed by atoms with van der Waals surface area (Å²) < 4.78 is 2.09. The Bertz CT molecular complexity index is 803. The van der Waals surface area contributed by atoms with Crippen LogP contribution in [0, 0.1) is 0 Å². The lowest BCUT2D eigenvalue weighted by Crippen LogP contribution is -2.18. The number of hydrogen-bond acceptors (Lipinski definition) is 3. The highest BCUT2D eigenvalue weighted by Gasteiger charge is 2.06. The summed E-state index contributed by atoms with van der Waals surface area (Å²) in [5.41, 5.74) is 1.82. The van der Waals surface area contributed by atoms with Crippen LogP contribution in [0.5, 0.6) is 0 Å². The predicted molar refractivity (Wildman–Crippen MR) is 83.3 cm³/mol. The Balaban J connectivity index is 1.92. The topological polar surface area (TPSA) is 62.7 Å². The second-order valence-electron chi connectivity index (χ2n) is 4.94. The van der Waals surface area contributed by atoms with E-state index in [0.717, 1.165) is 18.6 Å². The molecule has 5 heteroatoms. The van der Waals surface area contributed by atoms with Gasteiger partial charge >= 0.3 is 0 Å². The van der Waals surface area contributed by atoms with Gasteiger partial charge in [-0.05, 0) is 30.8 Å². The van der Waals surface area contributed by atoms with Gasteiger partial charge in [0.1, 0.15) is 5.82 Å². The fraction of sp³-hybridized carbons (Fsp3) is 0.250. The average Bonchev–Trinajstić information content (AvgIpc) is 2.92. The first-order chi connectivity index (χ1) is 10.3. The molecule has 2 heterocycles. The van der Waals surface area contributed by atoms with Crippen LogP contribution in [0.1, 0.15) is 18.4 Å². The molecule has 0 spiro atoms. The van der Waals surface area contributed by atoms with Crippen molar-refractivity contribution in [2.24, 2.45) is 0 Å². The van der Waals surface area contributed by atoms with Gasteiger partial charge in [0.15, 0.2) is 0 Å². The summed E-state index contributed by atoms with van der Waals surface area (Å²) in [5, 5.41) is 3.93. The molecule has 0 atom stereocenters. The molecule has 0 aliphatic rings. The molecule has 0 aliphatic heterocycles. The molecule has 108 valence electrons. The molecule has 3 rings (SSSR count). The monoisotopic (exact) mass is 282 g/mol. The van der Waals surface area contributed by atoms with Crippen LogP contribution in [-0.4, -0.2) is 21.1 Å². The Hall–Kier alpha value is -2.40. The molecule has 2 aromatic heterocycles. The number of H-pyrrole nitrogens is 1. The zero-order valence-corrected chi connectivity index (χ0v) is 12.0. The second kappa shape index (κ2) is 5.93. The summed E-state index contributed by atoms with van der Waals surface area (Å²) in [5.74, 6) is 0.674. The van der Waals surface area contributed by atoms with E-state index in [-0.39, 0.29) is 5.56 Å². The Morgan fingerprint density at radius 3 is 2.95 bits per heavy atom. The highest BCUT2D eigenvalue weighted by molar-refractivity contribution is 5.77. The summed E-state index contributed by atoms with van der Waals surface area (Å²) >= 11 is 0. The van der Waals surface area contributed by atoms with E-state index in [2.05, 4.69) is 32.8 Å². The van der Waals surface area contributed by atoms with E-state index < -0.39 is 0 Å². The molecule has 1 aromatic carbocycles. The molecule has 0 amide bonds. The minimum atomic E-state index is -0.0870. The third-order valence-corrected chi connectivity index (χ3v) is 3.46. The molecule has 3 aromatic rings. The van der Waals surface area contributed by atoms with E-state index in [1.54, 1.807) is 6.07 Å². The number of para-hydroxylation sites is 1. The van der Waals surface area contributed by atoms with Gasteiger partial charge < -0.3 is 14.9 Å². The summed E-state index contributed by atoms with van der Waals surface area (Å²) in [4.78, 5) is 19.5. The maximum absolute atomic E-state index is 12.1. The maximum atomic E-state index is 12.1. The Labute approximate surface area is 122 Å². The van der Waals surface area contributed by atoms with Crippen molar-refractivity contribution in [2.45, 2.75) is 20.0 Å². The minimum Gasteiger partial charge on any atom is -0.343 e. The van der Waals surface area contributed by atoms with Crippen LogP contribution in [0.15, 0.2) is 47.4 Å². The molecule has 0 radical (unpaired) electrons. The zero-order chi connectivity index (χ0) is 14.7. The number of nitrogens with zero attached hydrogens (tertiary/aromatic N) is 2. The van der Waals surface area contributed by atoms with Crippen molar-refractivity contribution in [2.75, 3.05) is 6.54 Å². The molecular weight excluding hydrogens is 264 g/mol. The fourth-order valence-electron chi connectivity index (χ4n) is 2.39. The molecule has 2 N–H and O–H groups in total. The lowest BCUT2D eigenvalue weighted by Gasteiger charge is -2.09. The molecule has 0 bridgehead atoms. The predicted octanol–water partition coefficient (Wildman–Crippen LogP) is 1.88. The number of aromatic nitrogens is 3. The van der Waals surface area contributed by atoms with Gasteiger partial charge in [-0.2, -0.15) is 0 Å². The average molecular weight is 282 g/mol. The highest BCUT2D eigenvalue weighted by Crippen LogP contribution is 2.08. The standard InChI is InChI=1S/C16H18N4O/c1-2-17-10-12-6-5-9-20(12)11-15-18-14-8-4-3-7-13(14)16(21)19-15/h3-9,17H,2,10-11H2,1H3,(H,18,19,21). The van der Waals surface area contributed by atoms with E-state index in [0.29, 0.717) is 17.8 Å². The van der Waals surface area contributed by atoms with Gasteiger partial charge in [0.2, 0.25) is 0 Å². The van der Waals surface area contributed by atoms with Crippen LogP contribution in [0.4, 0.5) is 0 Å². The second-order valence-corrected chi connectivity index (χ2v) is 4.94. The SMILES string of the molecule is CCNCc1cccn1Cc1nc2ccccc2c(=O)[nH]1. The summed E-state index contributed by atoms with van der Waals surface area (Å²) in [6.07, 6.45) is 2.00. The van der Waals surface area contributed by atoms with Crippen LogP contribution >= 0.6 is 0 Å². The molecule has 0 unspecified atom stereocenters. The summed E-state index contributed by atoms with van der Waals surface area (Å²) in [6, 6.07) is 11.5.